The van der Waals surface area contributed by atoms with Crippen LogP contribution in [0.1, 0.15) is 110 Å². The molecule has 0 radical (unpaired) electrons. The van der Waals surface area contributed by atoms with Gasteiger partial charge in [0.25, 0.3) is 0 Å². The summed E-state index contributed by atoms with van der Waals surface area (Å²) < 4.78 is 0. The Morgan fingerprint density at radius 3 is 1.36 bits per heavy atom. The molecule has 0 aromatic rings. The maximum absolute atomic E-state index is 11.4. The molecule has 0 unspecified atom stereocenters. The Hall–Kier alpha value is -1.39. The lowest BCUT2D eigenvalue weighted by Crippen LogP contribution is -2.39. The van der Waals surface area contributed by atoms with E-state index in [1.165, 1.54) is 77.0 Å². The second kappa shape index (κ2) is 17.4. The summed E-state index contributed by atoms with van der Waals surface area (Å²) in [6.45, 7) is 2.26. The first kappa shape index (κ1) is 23.6. The van der Waals surface area contributed by atoms with Crippen molar-refractivity contribution in [2.45, 2.75) is 110 Å². The number of nitrogens with one attached hydrogen (secondary N) is 1. The van der Waals surface area contributed by atoms with Crippen molar-refractivity contribution in [1.29, 1.82) is 0 Å². The van der Waals surface area contributed by atoms with Crippen LogP contribution in [-0.4, -0.2) is 17.7 Å². The van der Waals surface area contributed by atoms with Crippen molar-refractivity contribution < 1.29 is 14.4 Å². The molecule has 146 valence electrons. The van der Waals surface area contributed by atoms with Gasteiger partial charge in [0.05, 0.1) is 0 Å². The van der Waals surface area contributed by atoms with E-state index in [0.29, 0.717) is 0 Å². The monoisotopic (exact) mass is 354 g/mol. The molecule has 0 bridgehead atoms. The number of imide groups is 1. The third-order valence-electron chi connectivity index (χ3n) is 4.48. The van der Waals surface area contributed by atoms with E-state index in [-0.39, 0.29) is 6.42 Å². The molecule has 0 aliphatic carbocycles. The number of rotatable bonds is 16. The highest BCUT2D eigenvalue weighted by molar-refractivity contribution is 6.37. The zero-order valence-corrected chi connectivity index (χ0v) is 16.1. The van der Waals surface area contributed by atoms with Crippen molar-refractivity contribution in [2.24, 2.45) is 5.73 Å². The van der Waals surface area contributed by atoms with Crippen LogP contribution in [0.25, 0.3) is 0 Å². The van der Waals surface area contributed by atoms with Crippen LogP contribution >= 0.6 is 0 Å². The molecule has 0 heterocycles. The van der Waals surface area contributed by atoms with Crippen LogP contribution in [0.2, 0.25) is 0 Å². The third-order valence-corrected chi connectivity index (χ3v) is 4.48. The van der Waals surface area contributed by atoms with E-state index < -0.39 is 17.7 Å². The standard InChI is InChI=1S/C20H38N2O3/c1-2-3-4-5-6-7-8-9-10-11-12-13-14-15-16-17-18(23)22-20(25)19(21)24/h2-17H2,1H3,(H2,21,24)(H,22,23,25). The number of hydrogen-bond acceptors (Lipinski definition) is 3. The Labute approximate surface area is 153 Å². The number of hydrogen-bond donors (Lipinski definition) is 2. The van der Waals surface area contributed by atoms with Crippen LogP contribution in [0.4, 0.5) is 0 Å². The number of amides is 3. The van der Waals surface area contributed by atoms with Gasteiger partial charge in [-0.05, 0) is 6.42 Å². The van der Waals surface area contributed by atoms with Crippen molar-refractivity contribution in [3.8, 4) is 0 Å². The molecule has 0 aliphatic heterocycles. The number of nitrogens with two attached hydrogens (primary N) is 1. The van der Waals surface area contributed by atoms with Crippen molar-refractivity contribution in [3.05, 3.63) is 0 Å². The number of carbonyl (C=O) groups excluding carboxylic acids is 3. The van der Waals surface area contributed by atoms with Gasteiger partial charge in [-0.1, -0.05) is 96.8 Å². The molecule has 0 aliphatic rings. The summed E-state index contributed by atoms with van der Waals surface area (Å²) in [5, 5.41) is 1.98. The molecule has 0 aromatic carbocycles. The minimum Gasteiger partial charge on any atom is -0.361 e. The van der Waals surface area contributed by atoms with Gasteiger partial charge < -0.3 is 5.73 Å². The van der Waals surface area contributed by atoms with E-state index >= 15 is 0 Å². The average Bonchev–Trinajstić information content (AvgIpc) is 2.58. The van der Waals surface area contributed by atoms with Crippen molar-refractivity contribution in [3.63, 3.8) is 0 Å². The molecular formula is C20H38N2O3. The van der Waals surface area contributed by atoms with Crippen LogP contribution in [0, 0.1) is 0 Å². The van der Waals surface area contributed by atoms with E-state index in [0.717, 1.165) is 19.3 Å². The first-order valence-corrected chi connectivity index (χ1v) is 10.2. The van der Waals surface area contributed by atoms with E-state index in [4.69, 9.17) is 5.73 Å². The lowest BCUT2D eigenvalue weighted by atomic mass is 10.0. The number of carbonyl (C=O) groups is 3. The highest BCUT2D eigenvalue weighted by Crippen LogP contribution is 2.13. The zero-order chi connectivity index (χ0) is 18.8. The topological polar surface area (TPSA) is 89.3 Å². The summed E-state index contributed by atoms with van der Waals surface area (Å²) in [6, 6.07) is 0. The fourth-order valence-electron chi connectivity index (χ4n) is 2.91. The largest absolute Gasteiger partial charge is 0.361 e. The van der Waals surface area contributed by atoms with Gasteiger partial charge in [0.15, 0.2) is 0 Å². The quantitative estimate of drug-likeness (QED) is 0.318. The van der Waals surface area contributed by atoms with Crippen LogP contribution in [0.3, 0.4) is 0 Å². The molecule has 5 heteroatoms. The first-order chi connectivity index (χ1) is 12.1. The summed E-state index contributed by atoms with van der Waals surface area (Å²) in [5.74, 6) is -2.56. The molecule has 0 fully saturated rings. The highest BCUT2D eigenvalue weighted by Gasteiger charge is 2.12. The molecule has 0 rings (SSSR count). The third kappa shape index (κ3) is 17.2. The minimum atomic E-state index is -1.12. The lowest BCUT2D eigenvalue weighted by Gasteiger charge is -2.04. The SMILES string of the molecule is CCCCCCCCCCCCCCCCCC(=O)NC(=O)C(N)=O. The summed E-state index contributed by atoms with van der Waals surface area (Å²) in [5.41, 5.74) is 4.77. The molecule has 25 heavy (non-hydrogen) atoms. The fourth-order valence-corrected chi connectivity index (χ4v) is 2.91. The van der Waals surface area contributed by atoms with Gasteiger partial charge in [0.2, 0.25) is 5.91 Å². The highest BCUT2D eigenvalue weighted by atomic mass is 16.2. The van der Waals surface area contributed by atoms with Gasteiger partial charge in [0, 0.05) is 6.42 Å². The molecule has 0 spiro atoms. The van der Waals surface area contributed by atoms with E-state index in [1.807, 2.05) is 5.32 Å². The van der Waals surface area contributed by atoms with E-state index in [1.54, 1.807) is 0 Å². The average molecular weight is 355 g/mol. The molecule has 0 aromatic heterocycles. The predicted octanol–water partition coefficient (Wildman–Crippen LogP) is 4.38. The van der Waals surface area contributed by atoms with E-state index in [2.05, 4.69) is 6.92 Å². The van der Waals surface area contributed by atoms with Crippen LogP contribution in [0.5, 0.6) is 0 Å². The summed E-state index contributed by atoms with van der Waals surface area (Å²) in [7, 11) is 0. The fraction of sp³-hybridized carbons (Fsp3) is 0.850. The number of unbranched alkanes of at least 4 members (excludes halogenated alkanes) is 14. The van der Waals surface area contributed by atoms with Gasteiger partial charge in [-0.15, -0.1) is 0 Å². The molecular weight excluding hydrogens is 316 g/mol. The minimum absolute atomic E-state index is 0.275. The second-order valence-electron chi connectivity index (χ2n) is 6.94. The number of primary amides is 1. The summed E-state index contributed by atoms with van der Waals surface area (Å²) in [6.07, 6.45) is 19.3. The molecule has 0 atom stereocenters. The van der Waals surface area contributed by atoms with Crippen LogP contribution < -0.4 is 11.1 Å². The molecule has 3 amide bonds. The Morgan fingerprint density at radius 2 is 1.00 bits per heavy atom. The zero-order valence-electron chi connectivity index (χ0n) is 16.1. The molecule has 5 nitrogen and oxygen atoms in total. The maximum Gasteiger partial charge on any atom is 0.315 e. The summed E-state index contributed by atoms with van der Waals surface area (Å²) >= 11 is 0. The van der Waals surface area contributed by atoms with Crippen LogP contribution in [0.15, 0.2) is 0 Å². The van der Waals surface area contributed by atoms with Gasteiger partial charge in [-0.2, -0.15) is 0 Å². The maximum atomic E-state index is 11.4. The Bertz CT molecular complexity index is 370. The predicted molar refractivity (Wildman–Crippen MR) is 102 cm³/mol. The summed E-state index contributed by atoms with van der Waals surface area (Å²) in [4.78, 5) is 32.8. The Balaban J connectivity index is 3.20. The molecule has 0 saturated heterocycles. The molecule has 3 N–H and O–H groups in total. The Morgan fingerprint density at radius 1 is 0.640 bits per heavy atom. The van der Waals surface area contributed by atoms with Gasteiger partial charge in [0.1, 0.15) is 0 Å². The van der Waals surface area contributed by atoms with Gasteiger partial charge >= 0.3 is 11.8 Å². The Kier molecular flexibility index (Phi) is 16.5. The van der Waals surface area contributed by atoms with E-state index in [9.17, 15) is 14.4 Å². The van der Waals surface area contributed by atoms with Crippen molar-refractivity contribution in [2.75, 3.05) is 0 Å². The lowest BCUT2D eigenvalue weighted by molar-refractivity contribution is -0.140. The normalized spacial score (nSPS) is 10.6. The van der Waals surface area contributed by atoms with Crippen LogP contribution in [-0.2, 0) is 14.4 Å². The van der Waals surface area contributed by atoms with Crippen molar-refractivity contribution >= 4 is 17.7 Å². The smallest absolute Gasteiger partial charge is 0.315 e. The second-order valence-corrected chi connectivity index (χ2v) is 6.94. The van der Waals surface area contributed by atoms with Gasteiger partial charge in [-0.25, -0.2) is 0 Å². The van der Waals surface area contributed by atoms with Crippen molar-refractivity contribution in [1.82, 2.24) is 5.32 Å². The molecule has 0 saturated carbocycles. The first-order valence-electron chi connectivity index (χ1n) is 10.2. The van der Waals surface area contributed by atoms with Gasteiger partial charge in [-0.3, -0.25) is 19.7 Å².